The molecule has 2 rings (SSSR count). The highest BCUT2D eigenvalue weighted by Crippen LogP contribution is 2.18. The molecule has 1 aliphatic rings. The van der Waals surface area contributed by atoms with Gasteiger partial charge in [0.1, 0.15) is 5.82 Å². The third-order valence-corrected chi connectivity index (χ3v) is 2.25. The van der Waals surface area contributed by atoms with E-state index in [4.69, 9.17) is 4.74 Å². The topological polar surface area (TPSA) is 38.2 Å². The fraction of sp³-hybridized carbons (Fsp3) is 0.636. The zero-order chi connectivity index (χ0) is 11.3. The van der Waals surface area contributed by atoms with E-state index in [1.54, 1.807) is 19.5 Å². The number of anilines is 1. The lowest BCUT2D eigenvalue weighted by atomic mass is 10.2. The number of nitrogens with zero attached hydrogens (tertiary/aromatic N) is 3. The van der Waals surface area contributed by atoms with Crippen LogP contribution in [0.5, 0.6) is 0 Å². The maximum absolute atomic E-state index is 5.18. The fourth-order valence-electron chi connectivity index (χ4n) is 1.38. The summed E-state index contributed by atoms with van der Waals surface area (Å²) < 4.78 is 5.18. The predicted octanol–water partition coefficient (Wildman–Crippen LogP) is 1.65. The second-order valence-corrected chi connectivity index (χ2v) is 3.28. The van der Waals surface area contributed by atoms with Crippen molar-refractivity contribution in [2.45, 2.75) is 26.9 Å². The van der Waals surface area contributed by atoms with E-state index >= 15 is 0 Å². The molecular weight excluding hydrogens is 190 g/mol. The molecule has 1 fully saturated rings. The van der Waals surface area contributed by atoms with E-state index in [0.717, 1.165) is 24.6 Å². The highest BCUT2D eigenvalue weighted by atomic mass is 16.5. The fourth-order valence-corrected chi connectivity index (χ4v) is 1.38. The molecule has 1 aromatic rings. The second kappa shape index (κ2) is 5.66. The first-order valence-corrected chi connectivity index (χ1v) is 5.36. The van der Waals surface area contributed by atoms with Crippen molar-refractivity contribution >= 4 is 5.82 Å². The van der Waals surface area contributed by atoms with E-state index in [1.807, 2.05) is 20.8 Å². The normalized spacial score (nSPS) is 15.3. The lowest BCUT2D eigenvalue weighted by Crippen LogP contribution is -2.52. The van der Waals surface area contributed by atoms with E-state index in [0.29, 0.717) is 6.10 Å². The number of rotatable bonds is 2. The molecule has 0 radical (unpaired) electrons. The smallest absolute Gasteiger partial charge is 0.147 e. The molecule has 0 aromatic carbocycles. The Kier molecular flexibility index (Phi) is 4.49. The van der Waals surface area contributed by atoms with Crippen LogP contribution in [0.2, 0.25) is 0 Å². The van der Waals surface area contributed by atoms with Crippen molar-refractivity contribution in [3.05, 3.63) is 18.1 Å². The summed E-state index contributed by atoms with van der Waals surface area (Å²) in [5.74, 6) is 0.952. The van der Waals surface area contributed by atoms with Crippen molar-refractivity contribution in [2.75, 3.05) is 25.1 Å². The van der Waals surface area contributed by atoms with Gasteiger partial charge in [0.25, 0.3) is 0 Å². The lowest BCUT2D eigenvalue weighted by molar-refractivity contribution is 0.0782. The van der Waals surface area contributed by atoms with E-state index in [2.05, 4.69) is 14.9 Å². The van der Waals surface area contributed by atoms with Crippen molar-refractivity contribution in [1.82, 2.24) is 9.97 Å². The van der Waals surface area contributed by atoms with Crippen molar-refractivity contribution in [2.24, 2.45) is 0 Å². The molecule has 0 unspecified atom stereocenters. The van der Waals surface area contributed by atoms with Gasteiger partial charge in [-0.1, -0.05) is 13.8 Å². The first kappa shape index (κ1) is 11.9. The van der Waals surface area contributed by atoms with Crippen LogP contribution in [0.15, 0.2) is 12.4 Å². The van der Waals surface area contributed by atoms with Gasteiger partial charge >= 0.3 is 0 Å². The average molecular weight is 209 g/mol. The van der Waals surface area contributed by atoms with E-state index in [-0.39, 0.29) is 0 Å². The molecular formula is C11H19N3O. The van der Waals surface area contributed by atoms with Gasteiger partial charge in [-0.15, -0.1) is 0 Å². The second-order valence-electron chi connectivity index (χ2n) is 3.28. The summed E-state index contributed by atoms with van der Waals surface area (Å²) >= 11 is 0. The molecule has 1 aliphatic heterocycles. The van der Waals surface area contributed by atoms with E-state index in [1.165, 1.54) is 0 Å². The Morgan fingerprint density at radius 1 is 1.33 bits per heavy atom. The Balaban J connectivity index is 0.000000531. The van der Waals surface area contributed by atoms with Gasteiger partial charge in [0.05, 0.1) is 18.0 Å². The molecule has 1 saturated heterocycles. The van der Waals surface area contributed by atoms with Crippen molar-refractivity contribution in [1.29, 1.82) is 0 Å². The SMILES string of the molecule is CC.COC1CN(c2cncc(C)n2)C1. The maximum atomic E-state index is 5.18. The highest BCUT2D eigenvalue weighted by Gasteiger charge is 2.27. The summed E-state index contributed by atoms with van der Waals surface area (Å²) in [6, 6.07) is 0. The van der Waals surface area contributed by atoms with Gasteiger partial charge in [0, 0.05) is 26.4 Å². The molecule has 0 aliphatic carbocycles. The molecule has 2 heterocycles. The van der Waals surface area contributed by atoms with Gasteiger partial charge in [-0.05, 0) is 6.92 Å². The zero-order valence-electron chi connectivity index (χ0n) is 9.90. The van der Waals surface area contributed by atoms with Crippen molar-refractivity contribution < 1.29 is 4.74 Å². The van der Waals surface area contributed by atoms with Crippen LogP contribution in [-0.2, 0) is 4.74 Å². The van der Waals surface area contributed by atoms with Gasteiger partial charge in [-0.2, -0.15) is 0 Å². The molecule has 4 heteroatoms. The van der Waals surface area contributed by atoms with Gasteiger partial charge in [-0.25, -0.2) is 4.98 Å². The van der Waals surface area contributed by atoms with Crippen molar-refractivity contribution in [3.63, 3.8) is 0 Å². The summed E-state index contributed by atoms with van der Waals surface area (Å²) in [5, 5.41) is 0. The van der Waals surface area contributed by atoms with Gasteiger partial charge in [0.15, 0.2) is 0 Å². The molecule has 0 bridgehead atoms. The Bertz CT molecular complexity index is 298. The molecule has 0 spiro atoms. The minimum absolute atomic E-state index is 0.363. The Hall–Kier alpha value is -1.16. The largest absolute Gasteiger partial charge is 0.378 e. The first-order valence-electron chi connectivity index (χ1n) is 5.36. The first-order chi connectivity index (χ1) is 7.29. The van der Waals surface area contributed by atoms with Crippen LogP contribution in [-0.4, -0.2) is 36.3 Å². The van der Waals surface area contributed by atoms with Crippen molar-refractivity contribution in [3.8, 4) is 0 Å². The number of hydrogen-bond donors (Lipinski definition) is 0. The quantitative estimate of drug-likeness (QED) is 0.742. The van der Waals surface area contributed by atoms with Crippen LogP contribution < -0.4 is 4.90 Å². The van der Waals surface area contributed by atoms with Crippen LogP contribution >= 0.6 is 0 Å². The zero-order valence-corrected chi connectivity index (χ0v) is 9.90. The van der Waals surface area contributed by atoms with Crippen LogP contribution in [0.4, 0.5) is 5.82 Å². The monoisotopic (exact) mass is 209 g/mol. The standard InChI is InChI=1S/C9H13N3O.C2H6/c1-7-3-10-4-9(11-7)12-5-8(6-12)13-2;1-2/h3-4,8H,5-6H2,1-2H3;1-2H3. The third-order valence-electron chi connectivity index (χ3n) is 2.25. The number of aryl methyl sites for hydroxylation is 1. The lowest BCUT2D eigenvalue weighted by Gasteiger charge is -2.38. The number of methoxy groups -OCH3 is 1. The molecule has 0 saturated carbocycles. The number of hydrogen-bond acceptors (Lipinski definition) is 4. The minimum atomic E-state index is 0.363. The number of ether oxygens (including phenoxy) is 1. The number of aromatic nitrogens is 2. The molecule has 1 aromatic heterocycles. The van der Waals surface area contributed by atoms with Crippen LogP contribution in [0, 0.1) is 6.92 Å². The summed E-state index contributed by atoms with van der Waals surface area (Å²) in [7, 11) is 1.74. The molecule has 4 nitrogen and oxygen atoms in total. The van der Waals surface area contributed by atoms with Crippen LogP contribution in [0.3, 0.4) is 0 Å². The Labute approximate surface area is 91.3 Å². The summed E-state index contributed by atoms with van der Waals surface area (Å²) in [5.41, 5.74) is 0.957. The minimum Gasteiger partial charge on any atom is -0.378 e. The molecule has 15 heavy (non-hydrogen) atoms. The summed E-state index contributed by atoms with van der Waals surface area (Å²) in [6.45, 7) is 7.80. The molecule has 84 valence electrons. The van der Waals surface area contributed by atoms with Gasteiger partial charge in [-0.3, -0.25) is 4.98 Å². The van der Waals surface area contributed by atoms with Gasteiger partial charge < -0.3 is 9.64 Å². The predicted molar refractivity (Wildman–Crippen MR) is 61.1 cm³/mol. The molecule has 0 atom stereocenters. The summed E-state index contributed by atoms with van der Waals surface area (Å²) in [6.07, 6.45) is 3.91. The van der Waals surface area contributed by atoms with E-state index in [9.17, 15) is 0 Å². The Morgan fingerprint density at radius 2 is 2.00 bits per heavy atom. The Morgan fingerprint density at radius 3 is 2.53 bits per heavy atom. The molecule has 0 amide bonds. The van der Waals surface area contributed by atoms with Crippen LogP contribution in [0.25, 0.3) is 0 Å². The van der Waals surface area contributed by atoms with Gasteiger partial charge in [0.2, 0.25) is 0 Å². The molecule has 0 N–H and O–H groups in total. The van der Waals surface area contributed by atoms with E-state index < -0.39 is 0 Å². The average Bonchev–Trinajstić information content (AvgIpc) is 2.19. The maximum Gasteiger partial charge on any atom is 0.147 e. The summed E-state index contributed by atoms with van der Waals surface area (Å²) in [4.78, 5) is 10.6. The highest BCUT2D eigenvalue weighted by molar-refractivity contribution is 5.40. The third kappa shape index (κ3) is 2.89. The van der Waals surface area contributed by atoms with Crippen LogP contribution in [0.1, 0.15) is 19.5 Å².